The van der Waals surface area contributed by atoms with Crippen molar-refractivity contribution in [1.82, 2.24) is 10.6 Å². The Kier molecular flexibility index (Phi) is 4.61. The lowest BCUT2D eigenvalue weighted by Gasteiger charge is -2.21. The van der Waals surface area contributed by atoms with E-state index in [9.17, 15) is 13.2 Å². The summed E-state index contributed by atoms with van der Waals surface area (Å²) in [6.45, 7) is 2.66. The molecule has 2 fully saturated rings. The molecule has 2 unspecified atom stereocenters. The third-order valence-electron chi connectivity index (χ3n) is 3.89. The third-order valence-corrected chi connectivity index (χ3v) is 6.06. The van der Waals surface area contributed by atoms with Crippen LogP contribution in [0.3, 0.4) is 0 Å². The van der Waals surface area contributed by atoms with Crippen molar-refractivity contribution >= 4 is 15.7 Å². The van der Waals surface area contributed by atoms with E-state index in [1.807, 2.05) is 0 Å². The molecule has 104 valence electrons. The SMILES string of the molecule is O=C(NCCC1CCNC1)C1CCCCS1(=O)=O. The number of nitrogens with one attached hydrogen (secondary N) is 2. The van der Waals surface area contributed by atoms with Crippen molar-refractivity contribution < 1.29 is 13.2 Å². The Bertz CT molecular complexity index is 388. The Morgan fingerprint density at radius 1 is 1.28 bits per heavy atom. The zero-order chi connectivity index (χ0) is 13.0. The van der Waals surface area contributed by atoms with Gasteiger partial charge in [-0.2, -0.15) is 0 Å². The van der Waals surface area contributed by atoms with Crippen molar-refractivity contribution in [2.24, 2.45) is 5.92 Å². The summed E-state index contributed by atoms with van der Waals surface area (Å²) in [5.41, 5.74) is 0. The molecule has 18 heavy (non-hydrogen) atoms. The second kappa shape index (κ2) is 6.02. The van der Waals surface area contributed by atoms with Gasteiger partial charge in [0, 0.05) is 6.54 Å². The molecule has 2 N–H and O–H groups in total. The number of sulfone groups is 1. The fourth-order valence-electron chi connectivity index (χ4n) is 2.72. The average molecular weight is 274 g/mol. The van der Waals surface area contributed by atoms with Crippen LogP contribution in [0.1, 0.15) is 32.1 Å². The van der Waals surface area contributed by atoms with E-state index in [1.165, 1.54) is 0 Å². The molecule has 0 aromatic rings. The van der Waals surface area contributed by atoms with Crippen molar-refractivity contribution in [3.8, 4) is 0 Å². The molecule has 0 aliphatic carbocycles. The number of hydrogen-bond donors (Lipinski definition) is 2. The van der Waals surface area contributed by atoms with Crippen molar-refractivity contribution in [1.29, 1.82) is 0 Å². The molecule has 2 atom stereocenters. The van der Waals surface area contributed by atoms with Gasteiger partial charge in [0.1, 0.15) is 5.25 Å². The van der Waals surface area contributed by atoms with Crippen LogP contribution in [-0.2, 0) is 14.6 Å². The van der Waals surface area contributed by atoms with Crippen LogP contribution in [-0.4, -0.2) is 45.0 Å². The Balaban J connectivity index is 1.76. The second-order valence-corrected chi connectivity index (χ2v) is 7.59. The first kappa shape index (κ1) is 13.8. The molecule has 6 heteroatoms. The van der Waals surface area contributed by atoms with Gasteiger partial charge < -0.3 is 10.6 Å². The molecule has 2 saturated heterocycles. The summed E-state index contributed by atoms with van der Waals surface area (Å²) in [6.07, 6.45) is 4.10. The predicted octanol–water partition coefficient (Wildman–Crippen LogP) is 0.0695. The van der Waals surface area contributed by atoms with Crippen LogP contribution in [0.4, 0.5) is 0 Å². The van der Waals surface area contributed by atoms with Crippen LogP contribution >= 0.6 is 0 Å². The van der Waals surface area contributed by atoms with Crippen LogP contribution in [0.5, 0.6) is 0 Å². The molecular weight excluding hydrogens is 252 g/mol. The Labute approximate surface area is 109 Å². The highest BCUT2D eigenvalue weighted by Gasteiger charge is 2.34. The number of rotatable bonds is 4. The molecule has 5 nitrogen and oxygen atoms in total. The molecule has 2 aliphatic rings. The molecule has 2 aliphatic heterocycles. The molecule has 0 spiro atoms. The predicted molar refractivity (Wildman–Crippen MR) is 70.0 cm³/mol. The smallest absolute Gasteiger partial charge is 0.238 e. The van der Waals surface area contributed by atoms with E-state index in [-0.39, 0.29) is 11.7 Å². The van der Waals surface area contributed by atoms with Gasteiger partial charge in [0.15, 0.2) is 9.84 Å². The van der Waals surface area contributed by atoms with Gasteiger partial charge in [0.05, 0.1) is 5.75 Å². The van der Waals surface area contributed by atoms with Gasteiger partial charge in [-0.1, -0.05) is 6.42 Å². The highest BCUT2D eigenvalue weighted by atomic mass is 32.2. The maximum absolute atomic E-state index is 11.9. The fraction of sp³-hybridized carbons (Fsp3) is 0.917. The fourth-order valence-corrected chi connectivity index (χ4v) is 4.55. The largest absolute Gasteiger partial charge is 0.355 e. The molecule has 0 aromatic carbocycles. The minimum absolute atomic E-state index is 0.164. The van der Waals surface area contributed by atoms with E-state index in [2.05, 4.69) is 10.6 Å². The monoisotopic (exact) mass is 274 g/mol. The molecular formula is C12H22N2O3S. The van der Waals surface area contributed by atoms with Gasteiger partial charge in [-0.3, -0.25) is 4.79 Å². The average Bonchev–Trinajstić information content (AvgIpc) is 2.81. The summed E-state index contributed by atoms with van der Waals surface area (Å²) in [5, 5.41) is 5.27. The van der Waals surface area contributed by atoms with E-state index in [4.69, 9.17) is 0 Å². The lowest BCUT2D eigenvalue weighted by molar-refractivity contribution is -0.120. The van der Waals surface area contributed by atoms with Crippen LogP contribution in [0.25, 0.3) is 0 Å². The molecule has 2 rings (SSSR count). The number of carbonyl (C=O) groups excluding carboxylic acids is 1. The van der Waals surface area contributed by atoms with E-state index in [1.54, 1.807) is 0 Å². The third kappa shape index (κ3) is 3.45. The first-order chi connectivity index (χ1) is 8.59. The molecule has 1 amide bonds. The van der Waals surface area contributed by atoms with Crippen molar-refractivity contribution in [3.63, 3.8) is 0 Å². The molecule has 0 aromatic heterocycles. The van der Waals surface area contributed by atoms with Crippen LogP contribution in [0, 0.1) is 5.92 Å². The summed E-state index contributed by atoms with van der Waals surface area (Å²) in [6, 6.07) is 0. The Morgan fingerprint density at radius 3 is 2.78 bits per heavy atom. The van der Waals surface area contributed by atoms with E-state index in [0.29, 0.717) is 25.3 Å². The zero-order valence-electron chi connectivity index (χ0n) is 10.7. The number of hydrogen-bond acceptors (Lipinski definition) is 4. The first-order valence-electron chi connectivity index (χ1n) is 6.79. The van der Waals surface area contributed by atoms with Crippen molar-refractivity contribution in [2.45, 2.75) is 37.4 Å². The Morgan fingerprint density at radius 2 is 2.11 bits per heavy atom. The van der Waals surface area contributed by atoms with Crippen LogP contribution < -0.4 is 10.6 Å². The highest BCUT2D eigenvalue weighted by Crippen LogP contribution is 2.19. The van der Waals surface area contributed by atoms with Gasteiger partial charge >= 0.3 is 0 Å². The standard InChI is InChI=1S/C12H22N2O3S/c15-12(11-3-1-2-8-18(11,16)17)14-7-5-10-4-6-13-9-10/h10-11,13H,1-9H2,(H,14,15). The summed E-state index contributed by atoms with van der Waals surface area (Å²) in [7, 11) is -3.20. The summed E-state index contributed by atoms with van der Waals surface area (Å²) in [5.74, 6) is 0.492. The topological polar surface area (TPSA) is 75.3 Å². The lowest BCUT2D eigenvalue weighted by atomic mass is 10.1. The lowest BCUT2D eigenvalue weighted by Crippen LogP contribution is -2.43. The second-order valence-electron chi connectivity index (χ2n) is 5.29. The number of carbonyl (C=O) groups is 1. The maximum atomic E-state index is 11.9. The highest BCUT2D eigenvalue weighted by molar-refractivity contribution is 7.92. The van der Waals surface area contributed by atoms with Gasteiger partial charge in [0.25, 0.3) is 0 Å². The van der Waals surface area contributed by atoms with E-state index < -0.39 is 15.1 Å². The summed E-state index contributed by atoms with van der Waals surface area (Å²) < 4.78 is 23.5. The van der Waals surface area contributed by atoms with Gasteiger partial charge in [0.2, 0.25) is 5.91 Å². The molecule has 2 heterocycles. The Hall–Kier alpha value is -0.620. The van der Waals surface area contributed by atoms with Gasteiger partial charge in [-0.05, 0) is 44.7 Å². The zero-order valence-corrected chi connectivity index (χ0v) is 11.5. The minimum Gasteiger partial charge on any atom is -0.355 e. The number of amides is 1. The molecule has 0 radical (unpaired) electrons. The van der Waals surface area contributed by atoms with Crippen LogP contribution in [0.2, 0.25) is 0 Å². The van der Waals surface area contributed by atoms with Gasteiger partial charge in [-0.25, -0.2) is 8.42 Å². The summed E-state index contributed by atoms with van der Waals surface area (Å²) in [4.78, 5) is 11.9. The van der Waals surface area contributed by atoms with E-state index in [0.717, 1.165) is 32.4 Å². The first-order valence-corrected chi connectivity index (χ1v) is 8.51. The quantitative estimate of drug-likeness (QED) is 0.761. The van der Waals surface area contributed by atoms with Gasteiger partial charge in [-0.15, -0.1) is 0 Å². The van der Waals surface area contributed by atoms with Crippen LogP contribution in [0.15, 0.2) is 0 Å². The van der Waals surface area contributed by atoms with E-state index >= 15 is 0 Å². The normalized spacial score (nSPS) is 31.1. The maximum Gasteiger partial charge on any atom is 0.238 e. The molecule has 0 saturated carbocycles. The summed E-state index contributed by atoms with van der Waals surface area (Å²) >= 11 is 0. The van der Waals surface area contributed by atoms with Crippen molar-refractivity contribution in [2.75, 3.05) is 25.4 Å². The van der Waals surface area contributed by atoms with Crippen molar-refractivity contribution in [3.05, 3.63) is 0 Å². The minimum atomic E-state index is -3.20. The molecule has 0 bridgehead atoms.